The summed E-state index contributed by atoms with van der Waals surface area (Å²) < 4.78 is 5.48. The molecule has 0 aliphatic heterocycles. The quantitative estimate of drug-likeness (QED) is 0.890. The molecule has 0 spiro atoms. The molecule has 21 heavy (non-hydrogen) atoms. The molecule has 0 fully saturated rings. The van der Waals surface area contributed by atoms with Crippen LogP contribution in [0.15, 0.2) is 30.3 Å². The number of amides is 1. The van der Waals surface area contributed by atoms with E-state index in [4.69, 9.17) is 9.84 Å². The van der Waals surface area contributed by atoms with E-state index in [-0.39, 0.29) is 17.4 Å². The van der Waals surface area contributed by atoms with Crippen LogP contribution in [0.25, 0.3) is 0 Å². The number of carbonyl (C=O) groups is 2. The van der Waals surface area contributed by atoms with Crippen molar-refractivity contribution in [3.05, 3.63) is 46.3 Å². The molecule has 110 valence electrons. The van der Waals surface area contributed by atoms with E-state index in [0.717, 1.165) is 22.5 Å². The number of nitrogens with one attached hydrogen (secondary N) is 1. The lowest BCUT2D eigenvalue weighted by Crippen LogP contribution is -2.19. The molecule has 1 amide bonds. The third kappa shape index (κ3) is 3.82. The molecule has 2 aromatic rings. The molecule has 0 bridgehead atoms. The molecule has 0 aliphatic rings. The number of rotatable bonds is 5. The summed E-state index contributed by atoms with van der Waals surface area (Å²) >= 11 is 1.01. The fraction of sp³-hybridized carbons (Fsp3) is 0.200. The molecular weight excluding hydrogens is 290 g/mol. The molecule has 0 unspecified atom stereocenters. The summed E-state index contributed by atoms with van der Waals surface area (Å²) in [5, 5.41) is 11.9. The number of thiophene rings is 1. The van der Waals surface area contributed by atoms with Gasteiger partial charge in [-0.15, -0.1) is 11.3 Å². The highest BCUT2D eigenvalue weighted by molar-refractivity contribution is 7.18. The fourth-order valence-corrected chi connectivity index (χ4v) is 2.48. The molecule has 0 saturated heterocycles. The topological polar surface area (TPSA) is 75.6 Å². The summed E-state index contributed by atoms with van der Waals surface area (Å²) in [6.45, 7) is 3.78. The highest BCUT2D eigenvalue weighted by Gasteiger charge is 2.10. The van der Waals surface area contributed by atoms with E-state index in [2.05, 4.69) is 5.32 Å². The van der Waals surface area contributed by atoms with Gasteiger partial charge in [-0.25, -0.2) is 4.79 Å². The van der Waals surface area contributed by atoms with E-state index in [0.29, 0.717) is 10.8 Å². The second-order valence-electron chi connectivity index (χ2n) is 4.50. The Morgan fingerprint density at radius 2 is 2.00 bits per heavy atom. The first-order valence-corrected chi connectivity index (χ1v) is 7.11. The first-order valence-electron chi connectivity index (χ1n) is 6.29. The van der Waals surface area contributed by atoms with Crippen LogP contribution < -0.4 is 10.1 Å². The van der Waals surface area contributed by atoms with Crippen molar-refractivity contribution in [3.63, 3.8) is 0 Å². The van der Waals surface area contributed by atoms with Crippen molar-refractivity contribution in [3.8, 4) is 5.75 Å². The Balaban J connectivity index is 1.92. The highest BCUT2D eigenvalue weighted by atomic mass is 32.1. The lowest BCUT2D eigenvalue weighted by Gasteiger charge is -2.10. The van der Waals surface area contributed by atoms with Gasteiger partial charge < -0.3 is 15.2 Å². The molecule has 0 radical (unpaired) electrons. The van der Waals surface area contributed by atoms with Crippen molar-refractivity contribution in [2.24, 2.45) is 0 Å². The number of anilines is 1. The van der Waals surface area contributed by atoms with Crippen LogP contribution in [0.5, 0.6) is 5.75 Å². The summed E-state index contributed by atoms with van der Waals surface area (Å²) in [6, 6.07) is 8.66. The number of aromatic carboxylic acids is 1. The highest BCUT2D eigenvalue weighted by Crippen LogP contribution is 2.22. The second-order valence-corrected chi connectivity index (χ2v) is 5.59. The largest absolute Gasteiger partial charge is 0.483 e. The molecule has 0 saturated carbocycles. The Bertz CT molecular complexity index is 678. The maximum atomic E-state index is 11.8. The average molecular weight is 305 g/mol. The number of benzene rings is 1. The Morgan fingerprint density at radius 1 is 1.24 bits per heavy atom. The molecule has 6 heteroatoms. The molecule has 1 aromatic carbocycles. The van der Waals surface area contributed by atoms with Gasteiger partial charge in [0, 0.05) is 0 Å². The normalized spacial score (nSPS) is 10.2. The van der Waals surface area contributed by atoms with Crippen LogP contribution in [-0.2, 0) is 4.79 Å². The van der Waals surface area contributed by atoms with Crippen LogP contribution in [0.3, 0.4) is 0 Å². The number of hydrogen-bond acceptors (Lipinski definition) is 4. The third-order valence-electron chi connectivity index (χ3n) is 2.99. The van der Waals surface area contributed by atoms with E-state index in [1.807, 2.05) is 32.0 Å². The van der Waals surface area contributed by atoms with Crippen molar-refractivity contribution in [1.82, 2.24) is 0 Å². The Kier molecular flexibility index (Phi) is 4.59. The predicted molar refractivity (Wildman–Crippen MR) is 81.3 cm³/mol. The predicted octanol–water partition coefficient (Wildman–Crippen LogP) is 3.08. The van der Waals surface area contributed by atoms with Crippen LogP contribution in [0, 0.1) is 13.8 Å². The van der Waals surface area contributed by atoms with Crippen LogP contribution in [0.1, 0.15) is 20.8 Å². The van der Waals surface area contributed by atoms with Gasteiger partial charge in [0.05, 0.1) is 5.00 Å². The zero-order valence-corrected chi connectivity index (χ0v) is 12.5. The maximum absolute atomic E-state index is 11.8. The number of aryl methyl sites for hydroxylation is 1. The van der Waals surface area contributed by atoms with Gasteiger partial charge in [0.1, 0.15) is 10.6 Å². The van der Waals surface area contributed by atoms with Gasteiger partial charge in [-0.3, -0.25) is 4.79 Å². The Labute approximate surface area is 126 Å². The minimum absolute atomic E-state index is 0.120. The van der Waals surface area contributed by atoms with Crippen molar-refractivity contribution >= 4 is 28.2 Å². The van der Waals surface area contributed by atoms with Gasteiger partial charge in [-0.2, -0.15) is 0 Å². The number of hydrogen-bond donors (Lipinski definition) is 2. The van der Waals surface area contributed by atoms with Gasteiger partial charge in [-0.05, 0) is 43.2 Å². The lowest BCUT2D eigenvalue weighted by molar-refractivity contribution is -0.118. The van der Waals surface area contributed by atoms with Crippen molar-refractivity contribution in [2.45, 2.75) is 13.8 Å². The molecule has 1 aromatic heterocycles. The molecule has 1 heterocycles. The van der Waals surface area contributed by atoms with Crippen LogP contribution >= 0.6 is 11.3 Å². The molecule has 0 atom stereocenters. The average Bonchev–Trinajstić information content (AvgIpc) is 2.89. The zero-order chi connectivity index (χ0) is 15.4. The first kappa shape index (κ1) is 15.1. The van der Waals surface area contributed by atoms with Crippen LogP contribution in [-0.4, -0.2) is 23.6 Å². The second kappa shape index (κ2) is 6.41. The van der Waals surface area contributed by atoms with E-state index in [1.165, 1.54) is 6.07 Å². The van der Waals surface area contributed by atoms with Gasteiger partial charge in [0.15, 0.2) is 6.61 Å². The van der Waals surface area contributed by atoms with Crippen LogP contribution in [0.2, 0.25) is 0 Å². The van der Waals surface area contributed by atoms with Gasteiger partial charge >= 0.3 is 5.97 Å². The molecule has 0 aliphatic carbocycles. The molecule has 2 N–H and O–H groups in total. The van der Waals surface area contributed by atoms with Crippen molar-refractivity contribution in [1.29, 1.82) is 0 Å². The van der Waals surface area contributed by atoms with Gasteiger partial charge in [-0.1, -0.05) is 12.1 Å². The van der Waals surface area contributed by atoms with Gasteiger partial charge in [0.25, 0.3) is 5.91 Å². The number of carboxylic acid groups (broad SMARTS) is 1. The summed E-state index contributed by atoms with van der Waals surface area (Å²) in [6.07, 6.45) is 0. The maximum Gasteiger partial charge on any atom is 0.345 e. The number of ether oxygens (including phenoxy) is 1. The Hall–Kier alpha value is -2.34. The van der Waals surface area contributed by atoms with E-state index >= 15 is 0 Å². The number of carbonyl (C=O) groups excluding carboxylic acids is 1. The smallest absolute Gasteiger partial charge is 0.345 e. The monoisotopic (exact) mass is 305 g/mol. The summed E-state index contributed by atoms with van der Waals surface area (Å²) in [5.74, 6) is -0.663. The molecule has 2 rings (SSSR count). The first-order chi connectivity index (χ1) is 9.97. The van der Waals surface area contributed by atoms with Gasteiger partial charge in [0.2, 0.25) is 0 Å². The summed E-state index contributed by atoms with van der Waals surface area (Å²) in [7, 11) is 0. The minimum atomic E-state index is -1.01. The fourth-order valence-electron chi connectivity index (χ4n) is 1.72. The van der Waals surface area contributed by atoms with Crippen molar-refractivity contribution < 1.29 is 19.4 Å². The molecule has 5 nitrogen and oxygen atoms in total. The third-order valence-corrected chi connectivity index (χ3v) is 3.98. The standard InChI is InChI=1S/C15H15NO4S/c1-9-4-3-5-11(10(9)2)20-8-13(17)16-14-7-6-12(21-14)15(18)19/h3-7H,8H2,1-2H3,(H,16,17)(H,18,19). The number of carboxylic acids is 1. The van der Waals surface area contributed by atoms with Crippen molar-refractivity contribution in [2.75, 3.05) is 11.9 Å². The Morgan fingerprint density at radius 3 is 2.67 bits per heavy atom. The van der Waals surface area contributed by atoms with E-state index in [1.54, 1.807) is 6.07 Å². The lowest BCUT2D eigenvalue weighted by atomic mass is 10.1. The van der Waals surface area contributed by atoms with Crippen LogP contribution in [0.4, 0.5) is 5.00 Å². The zero-order valence-electron chi connectivity index (χ0n) is 11.7. The summed E-state index contributed by atoms with van der Waals surface area (Å²) in [4.78, 5) is 22.7. The summed E-state index contributed by atoms with van der Waals surface area (Å²) in [5.41, 5.74) is 2.09. The molecular formula is C15H15NO4S. The SMILES string of the molecule is Cc1cccc(OCC(=O)Nc2ccc(C(=O)O)s2)c1C. The minimum Gasteiger partial charge on any atom is -0.483 e. The van der Waals surface area contributed by atoms with E-state index < -0.39 is 5.97 Å². The van der Waals surface area contributed by atoms with E-state index in [9.17, 15) is 9.59 Å².